The van der Waals surface area contributed by atoms with Crippen LogP contribution in [0.3, 0.4) is 0 Å². The lowest BCUT2D eigenvalue weighted by Gasteiger charge is -2.15. The van der Waals surface area contributed by atoms with E-state index in [9.17, 15) is 18.0 Å². The number of hydrogen-bond acceptors (Lipinski definition) is 9. The summed E-state index contributed by atoms with van der Waals surface area (Å²) < 4.78 is 32.3. The van der Waals surface area contributed by atoms with Crippen molar-refractivity contribution < 1.29 is 22.4 Å². The monoisotopic (exact) mass is 507 g/mol. The summed E-state index contributed by atoms with van der Waals surface area (Å²) in [6, 6.07) is 9.33. The molecule has 2 amide bonds. The summed E-state index contributed by atoms with van der Waals surface area (Å²) in [6.45, 7) is 1.35. The SMILES string of the molecule is O=C(CSc1nnc(NC(=O)c2ccc(S(=O)(=O)N3CCCC3)cc2)s1)NCc1ccco1. The molecule has 4 rings (SSSR count). The van der Waals surface area contributed by atoms with Gasteiger partial charge in [-0.15, -0.1) is 10.2 Å². The van der Waals surface area contributed by atoms with Gasteiger partial charge in [-0.25, -0.2) is 8.42 Å². The van der Waals surface area contributed by atoms with Crippen molar-refractivity contribution in [3.63, 3.8) is 0 Å². The molecule has 2 N–H and O–H groups in total. The Morgan fingerprint density at radius 1 is 1.12 bits per heavy atom. The van der Waals surface area contributed by atoms with Gasteiger partial charge in [-0.2, -0.15) is 4.31 Å². The number of carbonyl (C=O) groups is 2. The van der Waals surface area contributed by atoms with E-state index in [4.69, 9.17) is 4.42 Å². The maximum atomic E-state index is 12.6. The zero-order valence-electron chi connectivity index (χ0n) is 17.4. The minimum atomic E-state index is -3.53. The number of hydrogen-bond donors (Lipinski definition) is 2. The summed E-state index contributed by atoms with van der Waals surface area (Å²) in [5.41, 5.74) is 0.303. The second-order valence-corrected chi connectivity index (χ2v) is 11.2. The molecule has 0 radical (unpaired) electrons. The molecule has 0 unspecified atom stereocenters. The Kier molecular flexibility index (Phi) is 7.42. The van der Waals surface area contributed by atoms with Crippen molar-refractivity contribution in [2.24, 2.45) is 0 Å². The molecule has 33 heavy (non-hydrogen) atoms. The fraction of sp³-hybridized carbons (Fsp3) is 0.300. The van der Waals surface area contributed by atoms with Crippen LogP contribution in [-0.2, 0) is 21.4 Å². The lowest BCUT2D eigenvalue weighted by atomic mass is 10.2. The normalized spacial score (nSPS) is 14.3. The van der Waals surface area contributed by atoms with Crippen LogP contribution >= 0.6 is 23.1 Å². The molecular formula is C20H21N5O5S3. The van der Waals surface area contributed by atoms with Crippen LogP contribution in [0.25, 0.3) is 0 Å². The van der Waals surface area contributed by atoms with Crippen molar-refractivity contribution in [1.29, 1.82) is 0 Å². The van der Waals surface area contributed by atoms with E-state index in [0.29, 0.717) is 35.3 Å². The van der Waals surface area contributed by atoms with Gasteiger partial charge in [0.1, 0.15) is 5.76 Å². The molecule has 0 saturated carbocycles. The third-order valence-electron chi connectivity index (χ3n) is 4.81. The highest BCUT2D eigenvalue weighted by atomic mass is 32.2. The van der Waals surface area contributed by atoms with Gasteiger partial charge in [-0.05, 0) is 49.2 Å². The molecule has 0 bridgehead atoms. The molecule has 0 atom stereocenters. The Morgan fingerprint density at radius 3 is 2.58 bits per heavy atom. The molecule has 1 aliphatic rings. The molecule has 1 aliphatic heterocycles. The molecule has 0 spiro atoms. The average molecular weight is 508 g/mol. The highest BCUT2D eigenvalue weighted by Gasteiger charge is 2.27. The zero-order valence-corrected chi connectivity index (χ0v) is 19.8. The van der Waals surface area contributed by atoms with Crippen LogP contribution in [0, 0.1) is 0 Å². The van der Waals surface area contributed by atoms with Gasteiger partial charge in [0.05, 0.1) is 23.5 Å². The summed E-state index contributed by atoms with van der Waals surface area (Å²) >= 11 is 2.35. The van der Waals surface area contributed by atoms with E-state index < -0.39 is 15.9 Å². The summed E-state index contributed by atoms with van der Waals surface area (Å²) in [6.07, 6.45) is 3.26. The number of carbonyl (C=O) groups excluding carboxylic acids is 2. The van der Waals surface area contributed by atoms with E-state index in [-0.39, 0.29) is 21.7 Å². The van der Waals surface area contributed by atoms with Crippen LogP contribution in [0.1, 0.15) is 29.0 Å². The standard InChI is InChI=1S/C20H21N5O5S3/c26-17(21-12-15-4-3-11-30-15)13-31-20-24-23-19(32-20)22-18(27)14-5-7-16(8-6-14)33(28,29)25-9-1-2-10-25/h3-8,11H,1-2,9-10,12-13H2,(H,21,26)(H,22,23,27). The number of nitrogens with one attached hydrogen (secondary N) is 2. The van der Waals surface area contributed by atoms with Crippen LogP contribution in [0.15, 0.2) is 56.3 Å². The van der Waals surface area contributed by atoms with Crippen molar-refractivity contribution in [1.82, 2.24) is 19.8 Å². The van der Waals surface area contributed by atoms with E-state index in [1.54, 1.807) is 12.1 Å². The minimum Gasteiger partial charge on any atom is -0.467 e. The van der Waals surface area contributed by atoms with E-state index in [1.165, 1.54) is 46.6 Å². The molecule has 0 aliphatic carbocycles. The number of rotatable bonds is 9. The van der Waals surface area contributed by atoms with Crippen molar-refractivity contribution in [3.8, 4) is 0 Å². The fourth-order valence-electron chi connectivity index (χ4n) is 3.12. The number of benzene rings is 1. The second kappa shape index (κ2) is 10.5. The molecule has 1 fully saturated rings. The third kappa shape index (κ3) is 5.99. The highest BCUT2D eigenvalue weighted by molar-refractivity contribution is 8.01. The number of furan rings is 1. The van der Waals surface area contributed by atoms with Crippen LogP contribution in [0.4, 0.5) is 5.13 Å². The first-order valence-corrected chi connectivity index (χ1v) is 13.3. The number of nitrogens with zero attached hydrogens (tertiary/aromatic N) is 3. The van der Waals surface area contributed by atoms with Crippen LogP contribution < -0.4 is 10.6 Å². The fourth-order valence-corrected chi connectivity index (χ4v) is 6.21. The van der Waals surface area contributed by atoms with Gasteiger partial charge in [0, 0.05) is 18.7 Å². The van der Waals surface area contributed by atoms with Gasteiger partial charge in [0.2, 0.25) is 21.1 Å². The van der Waals surface area contributed by atoms with E-state index in [2.05, 4.69) is 20.8 Å². The Hall–Kier alpha value is -2.74. The molecular weight excluding hydrogens is 486 g/mol. The third-order valence-corrected chi connectivity index (χ3v) is 8.70. The van der Waals surface area contributed by atoms with Crippen molar-refractivity contribution in [2.75, 3.05) is 24.2 Å². The first-order chi connectivity index (χ1) is 15.9. The van der Waals surface area contributed by atoms with E-state index in [0.717, 1.165) is 24.2 Å². The first-order valence-electron chi connectivity index (χ1n) is 10.1. The second-order valence-electron chi connectivity index (χ2n) is 7.11. The summed E-state index contributed by atoms with van der Waals surface area (Å²) in [7, 11) is -3.53. The number of thioether (sulfide) groups is 1. The van der Waals surface area contributed by atoms with Gasteiger partial charge in [-0.1, -0.05) is 23.1 Å². The Labute approximate surface area is 198 Å². The van der Waals surface area contributed by atoms with Gasteiger partial charge < -0.3 is 9.73 Å². The zero-order chi connectivity index (χ0) is 23.3. The molecule has 174 valence electrons. The summed E-state index contributed by atoms with van der Waals surface area (Å²) in [5.74, 6) is 0.206. The predicted molar refractivity (Wildman–Crippen MR) is 124 cm³/mol. The van der Waals surface area contributed by atoms with Crippen molar-refractivity contribution >= 4 is 50.1 Å². The lowest BCUT2D eigenvalue weighted by molar-refractivity contribution is -0.118. The smallest absolute Gasteiger partial charge is 0.257 e. The number of anilines is 1. The van der Waals surface area contributed by atoms with Gasteiger partial charge in [0.15, 0.2) is 4.34 Å². The van der Waals surface area contributed by atoms with Gasteiger partial charge in [-0.3, -0.25) is 14.9 Å². The van der Waals surface area contributed by atoms with E-state index in [1.807, 2.05) is 0 Å². The molecule has 13 heteroatoms. The lowest BCUT2D eigenvalue weighted by Crippen LogP contribution is -2.27. The number of sulfonamides is 1. The summed E-state index contributed by atoms with van der Waals surface area (Å²) in [4.78, 5) is 24.6. The minimum absolute atomic E-state index is 0.149. The molecule has 1 saturated heterocycles. The van der Waals surface area contributed by atoms with Crippen molar-refractivity contribution in [3.05, 3.63) is 54.0 Å². The Bertz CT molecular complexity index is 1200. The Balaban J connectivity index is 1.28. The molecule has 3 aromatic rings. The van der Waals surface area contributed by atoms with Crippen LogP contribution in [0.5, 0.6) is 0 Å². The predicted octanol–water partition coefficient (Wildman–Crippen LogP) is 2.58. The van der Waals surface area contributed by atoms with Crippen LogP contribution in [-0.4, -0.2) is 53.6 Å². The molecule has 2 aromatic heterocycles. The summed E-state index contributed by atoms with van der Waals surface area (Å²) in [5, 5.41) is 13.6. The van der Waals surface area contributed by atoms with Gasteiger partial charge >= 0.3 is 0 Å². The largest absolute Gasteiger partial charge is 0.467 e. The van der Waals surface area contributed by atoms with E-state index >= 15 is 0 Å². The Morgan fingerprint density at radius 2 is 1.88 bits per heavy atom. The van der Waals surface area contributed by atoms with Gasteiger partial charge in [0.25, 0.3) is 5.91 Å². The van der Waals surface area contributed by atoms with Crippen molar-refractivity contribution in [2.45, 2.75) is 28.6 Å². The molecule has 3 heterocycles. The number of aromatic nitrogens is 2. The van der Waals surface area contributed by atoms with Crippen LogP contribution in [0.2, 0.25) is 0 Å². The molecule has 10 nitrogen and oxygen atoms in total. The quantitative estimate of drug-likeness (QED) is 0.333. The maximum Gasteiger partial charge on any atom is 0.257 e. The topological polar surface area (TPSA) is 134 Å². The molecule has 1 aromatic carbocycles. The maximum absolute atomic E-state index is 12.6. The first kappa shape index (κ1) is 23.4. The number of amides is 2. The average Bonchev–Trinajstić information content (AvgIpc) is 3.59. The highest BCUT2D eigenvalue weighted by Crippen LogP contribution is 2.26.